The van der Waals surface area contributed by atoms with E-state index in [9.17, 15) is 0 Å². The van der Waals surface area contributed by atoms with Gasteiger partial charge in [0, 0.05) is 20.5 Å². The van der Waals surface area contributed by atoms with E-state index >= 15 is 0 Å². The molecule has 0 fully saturated rings. The first-order chi connectivity index (χ1) is 7.25. The van der Waals surface area contributed by atoms with Gasteiger partial charge in [0.25, 0.3) is 0 Å². The summed E-state index contributed by atoms with van der Waals surface area (Å²) in [5.41, 5.74) is 0. The van der Waals surface area contributed by atoms with E-state index in [4.69, 9.17) is 23.2 Å². The van der Waals surface area contributed by atoms with Crippen molar-refractivity contribution in [3.8, 4) is 0 Å². The molecule has 1 aromatic heterocycles. The molecule has 0 spiro atoms. The summed E-state index contributed by atoms with van der Waals surface area (Å²) in [6, 6.07) is 11.9. The van der Waals surface area contributed by atoms with Crippen LogP contribution in [0.5, 0.6) is 0 Å². The average Bonchev–Trinajstić information content (AvgIpc) is 2.58. The number of hydrogen-bond acceptors (Lipinski definition) is 1. The Morgan fingerprint density at radius 1 is 0.933 bits per heavy atom. The zero-order chi connectivity index (χ0) is 10.4. The first-order valence-corrected chi connectivity index (χ1v) is 6.09. The van der Waals surface area contributed by atoms with Crippen LogP contribution in [-0.4, -0.2) is 0 Å². The fraction of sp³-hybridized carbons (Fsp3) is 0. The van der Waals surface area contributed by atoms with E-state index in [1.807, 2.05) is 30.3 Å². The summed E-state index contributed by atoms with van der Waals surface area (Å²) in [5, 5.41) is 3.95. The third kappa shape index (κ3) is 1.43. The van der Waals surface area contributed by atoms with Crippen molar-refractivity contribution in [2.24, 2.45) is 0 Å². The Kier molecular flexibility index (Phi) is 2.13. The maximum atomic E-state index is 6.15. The average molecular weight is 253 g/mol. The summed E-state index contributed by atoms with van der Waals surface area (Å²) in [5.74, 6) is 0. The van der Waals surface area contributed by atoms with Crippen molar-refractivity contribution in [1.29, 1.82) is 0 Å². The van der Waals surface area contributed by atoms with Crippen molar-refractivity contribution in [3.63, 3.8) is 0 Å². The van der Waals surface area contributed by atoms with Crippen molar-refractivity contribution in [2.45, 2.75) is 0 Å². The molecule has 0 radical (unpaired) electrons. The molecule has 1 heterocycles. The van der Waals surface area contributed by atoms with Crippen molar-refractivity contribution in [1.82, 2.24) is 0 Å². The summed E-state index contributed by atoms with van der Waals surface area (Å²) in [6.45, 7) is 0. The Balaban J connectivity index is 2.58. The maximum absolute atomic E-state index is 6.15. The van der Waals surface area contributed by atoms with E-state index < -0.39 is 0 Å². The minimum absolute atomic E-state index is 0.766. The normalized spacial score (nSPS) is 11.3. The SMILES string of the molecule is Clc1ccc2sc3c(Cl)cccc3c2c1. The molecule has 3 aromatic rings. The summed E-state index contributed by atoms with van der Waals surface area (Å²) in [7, 11) is 0. The van der Waals surface area contributed by atoms with Crippen molar-refractivity contribution in [2.75, 3.05) is 0 Å². The van der Waals surface area contributed by atoms with Gasteiger partial charge in [0.1, 0.15) is 0 Å². The van der Waals surface area contributed by atoms with E-state index in [1.54, 1.807) is 11.3 Å². The van der Waals surface area contributed by atoms with Gasteiger partial charge in [-0.1, -0.05) is 35.3 Å². The van der Waals surface area contributed by atoms with Gasteiger partial charge in [-0.15, -0.1) is 11.3 Å². The third-order valence-corrected chi connectivity index (χ3v) is 4.29. The highest BCUT2D eigenvalue weighted by atomic mass is 35.5. The predicted molar refractivity (Wildman–Crippen MR) is 69.4 cm³/mol. The van der Waals surface area contributed by atoms with Crippen molar-refractivity contribution < 1.29 is 0 Å². The van der Waals surface area contributed by atoms with Gasteiger partial charge in [-0.3, -0.25) is 0 Å². The molecule has 0 aliphatic heterocycles. The molecule has 0 saturated carbocycles. The van der Waals surface area contributed by atoms with Crippen molar-refractivity contribution in [3.05, 3.63) is 46.4 Å². The van der Waals surface area contributed by atoms with Gasteiger partial charge in [-0.25, -0.2) is 0 Å². The fourth-order valence-electron chi connectivity index (χ4n) is 1.74. The molecule has 0 aliphatic rings. The van der Waals surface area contributed by atoms with Crippen LogP contribution in [0.25, 0.3) is 20.2 Å². The molecule has 0 atom stereocenters. The first kappa shape index (κ1) is 9.46. The van der Waals surface area contributed by atoms with E-state index in [0.717, 1.165) is 14.7 Å². The lowest BCUT2D eigenvalue weighted by atomic mass is 10.1. The van der Waals surface area contributed by atoms with Gasteiger partial charge in [0.15, 0.2) is 0 Å². The Hall–Kier alpha value is -0.760. The van der Waals surface area contributed by atoms with Crippen LogP contribution >= 0.6 is 34.5 Å². The molecule has 0 aliphatic carbocycles. The molecular weight excluding hydrogens is 247 g/mol. The largest absolute Gasteiger partial charge is 0.134 e. The van der Waals surface area contributed by atoms with Crippen LogP contribution in [0.15, 0.2) is 36.4 Å². The summed E-state index contributed by atoms with van der Waals surface area (Å²) < 4.78 is 2.36. The number of thiophene rings is 1. The summed E-state index contributed by atoms with van der Waals surface area (Å²) in [4.78, 5) is 0. The number of rotatable bonds is 0. The third-order valence-electron chi connectivity index (χ3n) is 2.41. The van der Waals surface area contributed by atoms with Gasteiger partial charge in [0.2, 0.25) is 0 Å². The predicted octanol–water partition coefficient (Wildman–Crippen LogP) is 5.36. The Labute approximate surface area is 101 Å². The van der Waals surface area contributed by atoms with Gasteiger partial charge in [0.05, 0.1) is 9.72 Å². The first-order valence-electron chi connectivity index (χ1n) is 4.52. The highest BCUT2D eigenvalue weighted by molar-refractivity contribution is 7.26. The molecule has 15 heavy (non-hydrogen) atoms. The molecule has 3 heteroatoms. The van der Waals surface area contributed by atoms with Gasteiger partial charge >= 0.3 is 0 Å². The molecule has 0 nitrogen and oxygen atoms in total. The molecule has 0 saturated heterocycles. The Morgan fingerprint density at radius 3 is 2.67 bits per heavy atom. The zero-order valence-electron chi connectivity index (χ0n) is 7.63. The quantitative estimate of drug-likeness (QED) is 0.505. The van der Waals surface area contributed by atoms with Gasteiger partial charge in [-0.2, -0.15) is 0 Å². The van der Waals surface area contributed by atoms with E-state index in [2.05, 4.69) is 6.07 Å². The second-order valence-corrected chi connectivity index (χ2v) is 5.25. The lowest BCUT2D eigenvalue weighted by Gasteiger charge is -1.93. The van der Waals surface area contributed by atoms with Crippen LogP contribution in [0.3, 0.4) is 0 Å². The lowest BCUT2D eigenvalue weighted by molar-refractivity contribution is 1.83. The zero-order valence-corrected chi connectivity index (χ0v) is 9.96. The topological polar surface area (TPSA) is 0 Å². The van der Waals surface area contributed by atoms with E-state index in [0.29, 0.717) is 0 Å². The molecule has 74 valence electrons. The monoisotopic (exact) mass is 252 g/mol. The summed E-state index contributed by atoms with van der Waals surface area (Å²) >= 11 is 13.8. The van der Waals surface area contributed by atoms with Crippen LogP contribution in [0, 0.1) is 0 Å². The van der Waals surface area contributed by atoms with Gasteiger partial charge < -0.3 is 0 Å². The fourth-order valence-corrected chi connectivity index (χ4v) is 3.29. The van der Waals surface area contributed by atoms with Crippen LogP contribution in [-0.2, 0) is 0 Å². The minimum Gasteiger partial charge on any atom is -0.134 e. The highest BCUT2D eigenvalue weighted by Crippen LogP contribution is 2.38. The molecule has 0 unspecified atom stereocenters. The molecule has 2 aromatic carbocycles. The van der Waals surface area contributed by atoms with Crippen LogP contribution < -0.4 is 0 Å². The highest BCUT2D eigenvalue weighted by Gasteiger charge is 2.07. The van der Waals surface area contributed by atoms with Crippen LogP contribution in [0.2, 0.25) is 10.0 Å². The maximum Gasteiger partial charge on any atom is 0.0584 e. The Morgan fingerprint density at radius 2 is 1.80 bits per heavy atom. The van der Waals surface area contributed by atoms with E-state index in [-0.39, 0.29) is 0 Å². The molecule has 0 N–H and O–H groups in total. The molecule has 0 bridgehead atoms. The number of halogens is 2. The van der Waals surface area contributed by atoms with Crippen LogP contribution in [0.1, 0.15) is 0 Å². The second-order valence-electron chi connectivity index (χ2n) is 3.36. The molecule has 3 rings (SSSR count). The summed E-state index contributed by atoms with van der Waals surface area (Å²) in [6.07, 6.45) is 0. The molecular formula is C12H6Cl2S. The number of benzene rings is 2. The minimum atomic E-state index is 0.766. The Bertz CT molecular complexity index is 655. The number of fused-ring (bicyclic) bond motifs is 3. The molecule has 0 amide bonds. The smallest absolute Gasteiger partial charge is 0.0584 e. The van der Waals surface area contributed by atoms with Gasteiger partial charge in [-0.05, 0) is 24.3 Å². The lowest BCUT2D eigenvalue weighted by Crippen LogP contribution is -1.67. The van der Waals surface area contributed by atoms with Crippen molar-refractivity contribution >= 4 is 54.7 Å². The second kappa shape index (κ2) is 3.38. The van der Waals surface area contributed by atoms with E-state index in [1.165, 1.54) is 15.5 Å². The standard InChI is InChI=1S/C12H6Cl2S/c13-7-4-5-11-9(6-7)8-2-1-3-10(14)12(8)15-11/h1-6H. The van der Waals surface area contributed by atoms with Crippen LogP contribution in [0.4, 0.5) is 0 Å². The number of hydrogen-bond donors (Lipinski definition) is 0.